The molecule has 3 heteroatoms. The molecule has 0 aromatic heterocycles. The molecular formula is C13H17NO2. The van der Waals surface area contributed by atoms with Crippen molar-refractivity contribution in [2.24, 2.45) is 5.92 Å². The van der Waals surface area contributed by atoms with Gasteiger partial charge in [-0.05, 0) is 31.5 Å². The van der Waals surface area contributed by atoms with Gasteiger partial charge in [0.05, 0.1) is 7.11 Å². The van der Waals surface area contributed by atoms with Gasteiger partial charge in [0.25, 0.3) is 0 Å². The van der Waals surface area contributed by atoms with Crippen LogP contribution in [0.3, 0.4) is 0 Å². The first-order valence-corrected chi connectivity index (χ1v) is 5.68. The Morgan fingerprint density at radius 1 is 1.38 bits per heavy atom. The van der Waals surface area contributed by atoms with E-state index in [4.69, 9.17) is 4.74 Å². The average Bonchev–Trinajstić information content (AvgIpc) is 2.39. The third-order valence-corrected chi connectivity index (χ3v) is 3.10. The molecular weight excluding hydrogens is 202 g/mol. The summed E-state index contributed by atoms with van der Waals surface area (Å²) in [5.41, 5.74) is 2.52. The van der Waals surface area contributed by atoms with Gasteiger partial charge in [-0.25, -0.2) is 0 Å². The highest BCUT2D eigenvalue weighted by atomic mass is 16.5. The second-order valence-corrected chi connectivity index (χ2v) is 4.05. The van der Waals surface area contributed by atoms with Crippen LogP contribution in [0.1, 0.15) is 12.8 Å². The van der Waals surface area contributed by atoms with Gasteiger partial charge in [-0.3, -0.25) is 4.79 Å². The molecule has 1 aliphatic carbocycles. The topological polar surface area (TPSA) is 38.3 Å². The maximum absolute atomic E-state index is 11.7. The molecule has 1 unspecified atom stereocenters. The molecule has 0 radical (unpaired) electrons. The fourth-order valence-corrected chi connectivity index (χ4v) is 2.23. The van der Waals surface area contributed by atoms with Gasteiger partial charge in [-0.1, -0.05) is 29.9 Å². The van der Waals surface area contributed by atoms with Crippen LogP contribution in [0, 0.1) is 5.92 Å². The van der Waals surface area contributed by atoms with E-state index in [2.05, 4.69) is 5.32 Å². The Hall–Kier alpha value is -1.35. The van der Waals surface area contributed by atoms with E-state index in [0.29, 0.717) is 0 Å². The molecule has 3 nitrogen and oxygen atoms in total. The normalized spacial score (nSPS) is 24.7. The van der Waals surface area contributed by atoms with Gasteiger partial charge in [0.15, 0.2) is 0 Å². The molecule has 1 atom stereocenters. The predicted octanol–water partition coefficient (Wildman–Crippen LogP) is 1.58. The number of methoxy groups -OCH3 is 1. The fraction of sp³-hybridized carbons (Fsp3) is 0.462. The van der Waals surface area contributed by atoms with Crippen molar-refractivity contribution >= 4 is 5.97 Å². The number of nitrogens with one attached hydrogen (secondary N) is 1. The number of carbonyl (C=O) groups excluding carboxylic acids is 1. The van der Waals surface area contributed by atoms with Crippen LogP contribution in [0.2, 0.25) is 0 Å². The molecule has 0 bridgehead atoms. The third kappa shape index (κ3) is 2.25. The number of carbonyl (C=O) groups is 1. The Morgan fingerprint density at radius 2 is 2.12 bits per heavy atom. The standard InChI is InChI=1S/C13H17NO2/c1-16-13(15)12-5-3-2-4-11(12)10-6-8-14-9-7-10/h2-5,12,14H,6-9H2,1H3. The number of piperidine rings is 1. The average molecular weight is 219 g/mol. The molecule has 0 amide bonds. The number of esters is 1. The minimum absolute atomic E-state index is 0.165. The first-order valence-electron chi connectivity index (χ1n) is 5.68. The van der Waals surface area contributed by atoms with Crippen LogP contribution in [0.5, 0.6) is 0 Å². The molecule has 0 spiro atoms. The van der Waals surface area contributed by atoms with Crippen molar-refractivity contribution in [3.8, 4) is 0 Å². The van der Waals surface area contributed by atoms with E-state index in [1.807, 2.05) is 24.3 Å². The minimum Gasteiger partial charge on any atom is -0.468 e. The first kappa shape index (κ1) is 11.1. The zero-order valence-electron chi connectivity index (χ0n) is 9.53. The molecule has 0 aromatic carbocycles. The van der Waals surface area contributed by atoms with Crippen molar-refractivity contribution < 1.29 is 9.53 Å². The summed E-state index contributed by atoms with van der Waals surface area (Å²) in [6.45, 7) is 2.01. The van der Waals surface area contributed by atoms with E-state index in [1.165, 1.54) is 12.7 Å². The summed E-state index contributed by atoms with van der Waals surface area (Å²) in [5.74, 6) is -0.371. The van der Waals surface area contributed by atoms with Gasteiger partial charge in [-0.2, -0.15) is 0 Å². The molecule has 1 N–H and O–H groups in total. The van der Waals surface area contributed by atoms with E-state index in [0.717, 1.165) is 31.5 Å². The first-order chi connectivity index (χ1) is 7.83. The quantitative estimate of drug-likeness (QED) is 0.680. The number of hydrogen-bond acceptors (Lipinski definition) is 3. The van der Waals surface area contributed by atoms with E-state index in [-0.39, 0.29) is 11.9 Å². The van der Waals surface area contributed by atoms with Crippen molar-refractivity contribution in [1.82, 2.24) is 5.32 Å². The fourth-order valence-electron chi connectivity index (χ4n) is 2.23. The van der Waals surface area contributed by atoms with E-state index in [1.54, 1.807) is 0 Å². The van der Waals surface area contributed by atoms with E-state index >= 15 is 0 Å². The van der Waals surface area contributed by atoms with Crippen molar-refractivity contribution in [2.45, 2.75) is 12.8 Å². The van der Waals surface area contributed by atoms with Crippen LogP contribution < -0.4 is 5.32 Å². The second-order valence-electron chi connectivity index (χ2n) is 4.05. The highest BCUT2D eigenvalue weighted by molar-refractivity contribution is 5.79. The summed E-state index contributed by atoms with van der Waals surface area (Å²) in [6, 6.07) is 0. The lowest BCUT2D eigenvalue weighted by molar-refractivity contribution is -0.142. The maximum Gasteiger partial charge on any atom is 0.317 e. The Bertz CT molecular complexity index is 358. The Labute approximate surface area is 95.9 Å². The highest BCUT2D eigenvalue weighted by Gasteiger charge is 2.24. The Kier molecular flexibility index (Phi) is 3.57. The van der Waals surface area contributed by atoms with Crippen LogP contribution in [0.4, 0.5) is 0 Å². The number of allylic oxidation sites excluding steroid dienone is 3. The molecule has 1 heterocycles. The number of rotatable bonds is 1. The lowest BCUT2D eigenvalue weighted by Crippen LogP contribution is -2.26. The summed E-state index contributed by atoms with van der Waals surface area (Å²) in [7, 11) is 1.44. The monoisotopic (exact) mass is 219 g/mol. The van der Waals surface area contributed by atoms with Crippen LogP contribution in [0.25, 0.3) is 0 Å². The molecule has 0 saturated carbocycles. The minimum atomic E-state index is -0.205. The molecule has 1 aliphatic heterocycles. The van der Waals surface area contributed by atoms with Crippen LogP contribution in [0.15, 0.2) is 35.5 Å². The zero-order valence-corrected chi connectivity index (χ0v) is 9.53. The molecule has 0 aromatic rings. The molecule has 2 rings (SSSR count). The van der Waals surface area contributed by atoms with Crippen molar-refractivity contribution in [1.29, 1.82) is 0 Å². The van der Waals surface area contributed by atoms with Crippen LogP contribution in [-0.2, 0) is 9.53 Å². The molecule has 86 valence electrons. The van der Waals surface area contributed by atoms with Gasteiger partial charge >= 0.3 is 5.97 Å². The number of ether oxygens (including phenoxy) is 1. The SMILES string of the molecule is COC(=O)C1C=CC=CC1=C1CCNCC1. The van der Waals surface area contributed by atoms with Gasteiger partial charge in [-0.15, -0.1) is 0 Å². The summed E-state index contributed by atoms with van der Waals surface area (Å²) in [5, 5.41) is 3.32. The van der Waals surface area contributed by atoms with Gasteiger partial charge in [0.2, 0.25) is 0 Å². The zero-order chi connectivity index (χ0) is 11.4. The van der Waals surface area contributed by atoms with Crippen molar-refractivity contribution in [3.05, 3.63) is 35.5 Å². The molecule has 16 heavy (non-hydrogen) atoms. The highest BCUT2D eigenvalue weighted by Crippen LogP contribution is 2.27. The molecule has 2 aliphatic rings. The van der Waals surface area contributed by atoms with Crippen molar-refractivity contribution in [3.63, 3.8) is 0 Å². The maximum atomic E-state index is 11.7. The lowest BCUT2D eigenvalue weighted by atomic mass is 9.87. The molecule has 1 saturated heterocycles. The van der Waals surface area contributed by atoms with Crippen LogP contribution >= 0.6 is 0 Å². The summed E-state index contributed by atoms with van der Waals surface area (Å²) in [4.78, 5) is 11.7. The number of hydrogen-bond donors (Lipinski definition) is 1. The van der Waals surface area contributed by atoms with Gasteiger partial charge < -0.3 is 10.1 Å². The predicted molar refractivity (Wildman–Crippen MR) is 62.9 cm³/mol. The van der Waals surface area contributed by atoms with Crippen molar-refractivity contribution in [2.75, 3.05) is 20.2 Å². The Balaban J connectivity index is 2.26. The van der Waals surface area contributed by atoms with E-state index in [9.17, 15) is 4.79 Å². The smallest absolute Gasteiger partial charge is 0.317 e. The third-order valence-electron chi connectivity index (χ3n) is 3.10. The second kappa shape index (κ2) is 5.12. The summed E-state index contributed by atoms with van der Waals surface area (Å²) < 4.78 is 4.84. The summed E-state index contributed by atoms with van der Waals surface area (Å²) >= 11 is 0. The largest absolute Gasteiger partial charge is 0.468 e. The molecule has 1 fully saturated rings. The van der Waals surface area contributed by atoms with Crippen LogP contribution in [-0.4, -0.2) is 26.2 Å². The Morgan fingerprint density at radius 3 is 2.81 bits per heavy atom. The van der Waals surface area contributed by atoms with Gasteiger partial charge in [0, 0.05) is 0 Å². The summed E-state index contributed by atoms with van der Waals surface area (Å²) in [6.07, 6.45) is 9.91. The van der Waals surface area contributed by atoms with Gasteiger partial charge in [0.1, 0.15) is 5.92 Å². The van der Waals surface area contributed by atoms with E-state index < -0.39 is 0 Å². The lowest BCUT2D eigenvalue weighted by Gasteiger charge is -2.23.